The maximum absolute atomic E-state index is 11.5. The molecule has 1 aromatic carbocycles. The van der Waals surface area contributed by atoms with E-state index in [9.17, 15) is 9.59 Å². The number of ether oxygens (including phenoxy) is 1. The second-order valence-electron chi connectivity index (χ2n) is 4.85. The Bertz CT molecular complexity index is 441. The van der Waals surface area contributed by atoms with Crippen molar-refractivity contribution < 1.29 is 14.3 Å². The Hall–Kier alpha value is -2.04. The predicted molar refractivity (Wildman–Crippen MR) is 78.7 cm³/mol. The summed E-state index contributed by atoms with van der Waals surface area (Å²) in [4.78, 5) is 23.0. The molecule has 0 bridgehead atoms. The first-order valence-corrected chi connectivity index (χ1v) is 6.80. The van der Waals surface area contributed by atoms with Gasteiger partial charge in [0, 0.05) is 12.2 Å². The van der Waals surface area contributed by atoms with Crippen LogP contribution in [-0.4, -0.2) is 31.6 Å². The maximum Gasteiger partial charge on any atom is 0.338 e. The number of hydrogen-bond donors (Lipinski definition) is 2. The van der Waals surface area contributed by atoms with E-state index in [1.807, 2.05) is 13.8 Å². The Morgan fingerprint density at radius 1 is 1.20 bits per heavy atom. The first kappa shape index (κ1) is 16.0. The molecule has 5 heteroatoms. The zero-order valence-corrected chi connectivity index (χ0v) is 12.2. The van der Waals surface area contributed by atoms with Gasteiger partial charge in [0.15, 0.2) is 0 Å². The van der Waals surface area contributed by atoms with E-state index >= 15 is 0 Å². The number of benzene rings is 1. The number of nitrogens with one attached hydrogen (secondary N) is 2. The molecule has 1 amide bonds. The normalized spacial score (nSPS) is 10.2. The van der Waals surface area contributed by atoms with Gasteiger partial charge < -0.3 is 15.4 Å². The summed E-state index contributed by atoms with van der Waals surface area (Å²) in [5, 5.41) is 5.83. The molecule has 0 saturated carbocycles. The highest BCUT2D eigenvalue weighted by Gasteiger charge is 2.06. The van der Waals surface area contributed by atoms with E-state index in [-0.39, 0.29) is 18.4 Å². The molecule has 0 fully saturated rings. The largest absolute Gasteiger partial charge is 0.462 e. The lowest BCUT2D eigenvalue weighted by Gasteiger charge is -2.09. The molecular formula is C15H22N2O3. The summed E-state index contributed by atoms with van der Waals surface area (Å²) in [5.41, 5.74) is 1.29. The first-order chi connectivity index (χ1) is 9.52. The van der Waals surface area contributed by atoms with Crippen molar-refractivity contribution in [1.82, 2.24) is 5.32 Å². The maximum atomic E-state index is 11.5. The molecule has 1 aromatic rings. The van der Waals surface area contributed by atoms with Gasteiger partial charge >= 0.3 is 5.97 Å². The van der Waals surface area contributed by atoms with E-state index in [0.717, 1.165) is 5.69 Å². The summed E-state index contributed by atoms with van der Waals surface area (Å²) in [6.45, 7) is 7.09. The molecule has 0 spiro atoms. The molecule has 0 radical (unpaired) electrons. The second kappa shape index (κ2) is 8.19. The number of carbonyl (C=O) groups is 2. The summed E-state index contributed by atoms with van der Waals surface area (Å²) in [7, 11) is 0. The number of esters is 1. The molecule has 0 atom stereocenters. The van der Waals surface area contributed by atoms with Gasteiger partial charge in [-0.1, -0.05) is 13.8 Å². The van der Waals surface area contributed by atoms with Gasteiger partial charge in [-0.3, -0.25) is 4.79 Å². The van der Waals surface area contributed by atoms with Gasteiger partial charge in [0.05, 0.1) is 18.7 Å². The van der Waals surface area contributed by atoms with E-state index in [0.29, 0.717) is 24.6 Å². The van der Waals surface area contributed by atoms with Crippen molar-refractivity contribution in [2.24, 2.45) is 5.92 Å². The lowest BCUT2D eigenvalue weighted by molar-refractivity contribution is -0.119. The van der Waals surface area contributed by atoms with Crippen LogP contribution in [0.4, 0.5) is 5.69 Å². The van der Waals surface area contributed by atoms with Crippen LogP contribution in [-0.2, 0) is 9.53 Å². The van der Waals surface area contributed by atoms with Gasteiger partial charge in [-0.25, -0.2) is 4.79 Å². The van der Waals surface area contributed by atoms with Crippen LogP contribution >= 0.6 is 0 Å². The third kappa shape index (κ3) is 5.73. The molecule has 1 rings (SSSR count). The van der Waals surface area contributed by atoms with E-state index in [1.54, 1.807) is 31.2 Å². The Labute approximate surface area is 119 Å². The lowest BCUT2D eigenvalue weighted by atomic mass is 10.2. The zero-order valence-electron chi connectivity index (χ0n) is 12.2. The third-order valence-electron chi connectivity index (χ3n) is 2.56. The monoisotopic (exact) mass is 278 g/mol. The summed E-state index contributed by atoms with van der Waals surface area (Å²) in [6, 6.07) is 6.85. The fourth-order valence-corrected chi connectivity index (χ4v) is 1.50. The van der Waals surface area contributed by atoms with Crippen LogP contribution in [0.3, 0.4) is 0 Å². The van der Waals surface area contributed by atoms with Crippen LogP contribution in [0, 0.1) is 5.92 Å². The Morgan fingerprint density at radius 2 is 1.85 bits per heavy atom. The van der Waals surface area contributed by atoms with Gasteiger partial charge in [-0.05, 0) is 37.1 Å². The van der Waals surface area contributed by atoms with Gasteiger partial charge in [0.25, 0.3) is 0 Å². The van der Waals surface area contributed by atoms with Crippen molar-refractivity contribution in [3.05, 3.63) is 29.8 Å². The van der Waals surface area contributed by atoms with Crippen LogP contribution in [0.5, 0.6) is 0 Å². The van der Waals surface area contributed by atoms with E-state index in [2.05, 4.69) is 10.6 Å². The molecule has 0 unspecified atom stereocenters. The first-order valence-electron chi connectivity index (χ1n) is 6.80. The zero-order chi connectivity index (χ0) is 15.0. The highest BCUT2D eigenvalue weighted by molar-refractivity contribution is 5.90. The number of carbonyl (C=O) groups excluding carboxylic acids is 2. The van der Waals surface area contributed by atoms with Gasteiger partial charge in [0.1, 0.15) is 0 Å². The highest BCUT2D eigenvalue weighted by atomic mass is 16.5. The summed E-state index contributed by atoms with van der Waals surface area (Å²) in [6.07, 6.45) is 0. The van der Waals surface area contributed by atoms with E-state index in [1.165, 1.54) is 0 Å². The minimum Gasteiger partial charge on any atom is -0.462 e. The third-order valence-corrected chi connectivity index (χ3v) is 2.56. The van der Waals surface area contributed by atoms with Crippen molar-refractivity contribution in [3.8, 4) is 0 Å². The minimum absolute atomic E-state index is 0.0480. The van der Waals surface area contributed by atoms with Crippen LogP contribution in [0.2, 0.25) is 0 Å². The fourth-order valence-electron chi connectivity index (χ4n) is 1.50. The summed E-state index contributed by atoms with van der Waals surface area (Å²) in [5.74, 6) is 0.0460. The minimum atomic E-state index is -0.339. The number of anilines is 1. The average molecular weight is 278 g/mol. The topological polar surface area (TPSA) is 67.4 Å². The Balaban J connectivity index is 2.42. The van der Waals surface area contributed by atoms with Crippen LogP contribution in [0.25, 0.3) is 0 Å². The van der Waals surface area contributed by atoms with E-state index < -0.39 is 0 Å². The fraction of sp³-hybridized carbons (Fsp3) is 0.467. The van der Waals surface area contributed by atoms with Crippen molar-refractivity contribution >= 4 is 17.6 Å². The molecule has 2 N–H and O–H groups in total. The van der Waals surface area contributed by atoms with Crippen LogP contribution in [0.15, 0.2) is 24.3 Å². The molecule has 0 aliphatic rings. The smallest absolute Gasteiger partial charge is 0.338 e. The Morgan fingerprint density at radius 3 is 2.40 bits per heavy atom. The van der Waals surface area contributed by atoms with Crippen molar-refractivity contribution in [2.75, 3.05) is 25.0 Å². The van der Waals surface area contributed by atoms with Crippen LogP contribution < -0.4 is 10.6 Å². The lowest BCUT2D eigenvalue weighted by Crippen LogP contribution is -2.32. The summed E-state index contributed by atoms with van der Waals surface area (Å²) >= 11 is 0. The molecule has 0 heterocycles. The molecule has 0 aromatic heterocycles. The molecular weight excluding hydrogens is 256 g/mol. The number of rotatable bonds is 7. The SMILES string of the molecule is CCOC(=O)c1ccc(NCC(=O)NCC(C)C)cc1. The average Bonchev–Trinajstić information content (AvgIpc) is 2.43. The predicted octanol–water partition coefficient (Wildman–Crippen LogP) is 2.05. The number of amides is 1. The summed E-state index contributed by atoms with van der Waals surface area (Å²) < 4.78 is 4.90. The molecule has 0 aliphatic carbocycles. The number of hydrogen-bond acceptors (Lipinski definition) is 4. The molecule has 110 valence electrons. The quantitative estimate of drug-likeness (QED) is 0.749. The molecule has 5 nitrogen and oxygen atoms in total. The van der Waals surface area contributed by atoms with Crippen molar-refractivity contribution in [2.45, 2.75) is 20.8 Å². The van der Waals surface area contributed by atoms with Crippen LogP contribution in [0.1, 0.15) is 31.1 Å². The van der Waals surface area contributed by atoms with E-state index in [4.69, 9.17) is 4.74 Å². The second-order valence-corrected chi connectivity index (χ2v) is 4.85. The van der Waals surface area contributed by atoms with Gasteiger partial charge in [-0.2, -0.15) is 0 Å². The Kier molecular flexibility index (Phi) is 6.56. The van der Waals surface area contributed by atoms with Gasteiger partial charge in [-0.15, -0.1) is 0 Å². The molecule has 0 aliphatic heterocycles. The van der Waals surface area contributed by atoms with Crippen molar-refractivity contribution in [1.29, 1.82) is 0 Å². The van der Waals surface area contributed by atoms with Gasteiger partial charge in [0.2, 0.25) is 5.91 Å². The highest BCUT2D eigenvalue weighted by Crippen LogP contribution is 2.10. The molecule has 20 heavy (non-hydrogen) atoms. The van der Waals surface area contributed by atoms with Crippen molar-refractivity contribution in [3.63, 3.8) is 0 Å². The standard InChI is InChI=1S/C15H22N2O3/c1-4-20-15(19)12-5-7-13(8-6-12)16-10-14(18)17-9-11(2)3/h5-8,11,16H,4,9-10H2,1-3H3,(H,17,18). The molecule has 0 saturated heterocycles.